The molecule has 11 heteroatoms. The van der Waals surface area contributed by atoms with E-state index in [9.17, 15) is 35.4 Å². The van der Waals surface area contributed by atoms with Gasteiger partial charge in [-0.05, 0) is 95.8 Å². The highest BCUT2D eigenvalue weighted by molar-refractivity contribution is 5.82. The number of hydrogen-bond donors (Lipinski definition) is 6. The van der Waals surface area contributed by atoms with Crippen LogP contribution in [0, 0.1) is 35.5 Å². The summed E-state index contributed by atoms with van der Waals surface area (Å²) in [6, 6.07) is 0. The Morgan fingerprint density at radius 3 is 2.23 bits per heavy atom. The number of rotatable bonds is 8. The van der Waals surface area contributed by atoms with Crippen LogP contribution in [-0.2, 0) is 23.7 Å². The molecule has 0 radical (unpaired) electrons. The quantitative estimate of drug-likeness (QED) is 0.147. The molecule has 1 spiro atoms. The van der Waals surface area contributed by atoms with E-state index >= 15 is 0 Å². The van der Waals surface area contributed by atoms with Gasteiger partial charge < -0.3 is 49.6 Å². The molecule has 0 aromatic carbocycles. The van der Waals surface area contributed by atoms with Gasteiger partial charge in [-0.3, -0.25) is 0 Å². The molecule has 0 saturated carbocycles. The molecule has 2 saturated heterocycles. The summed E-state index contributed by atoms with van der Waals surface area (Å²) in [5.41, 5.74) is 0. The highest BCUT2D eigenvalue weighted by Crippen LogP contribution is 2.47. The molecule has 0 unspecified atom stereocenters. The molecule has 3 aliphatic heterocycles. The fourth-order valence-corrected chi connectivity index (χ4v) is 8.85. The maximum atomic E-state index is 13.7. The Hall–Kier alpha value is -1.67. The van der Waals surface area contributed by atoms with Gasteiger partial charge in [-0.15, -0.1) is 0 Å². The van der Waals surface area contributed by atoms with E-state index in [2.05, 4.69) is 26.0 Å². The van der Waals surface area contributed by atoms with Crippen molar-refractivity contribution in [2.24, 2.45) is 35.5 Å². The zero-order valence-electron chi connectivity index (χ0n) is 36.3. The second-order valence-electron chi connectivity index (χ2n) is 17.9. The molecule has 0 aromatic rings. The van der Waals surface area contributed by atoms with Gasteiger partial charge in [0.1, 0.15) is 6.10 Å². The maximum absolute atomic E-state index is 13.7. The zero-order valence-corrected chi connectivity index (χ0v) is 36.3. The van der Waals surface area contributed by atoms with Crippen LogP contribution in [0.2, 0.25) is 0 Å². The predicted octanol–water partition coefficient (Wildman–Crippen LogP) is 6.55. The maximum Gasteiger partial charge on any atom is 0.330 e. The average molecular weight is 809 g/mol. The van der Waals surface area contributed by atoms with Crippen LogP contribution in [0.4, 0.5) is 0 Å². The summed E-state index contributed by atoms with van der Waals surface area (Å²) in [4.78, 5) is 13.7. The van der Waals surface area contributed by atoms with Gasteiger partial charge in [0.2, 0.25) is 0 Å². The molecule has 3 heterocycles. The lowest BCUT2D eigenvalue weighted by Gasteiger charge is -2.52. The van der Waals surface area contributed by atoms with Crippen molar-refractivity contribution in [3.8, 4) is 0 Å². The summed E-state index contributed by atoms with van der Waals surface area (Å²) in [7, 11) is 1.53. The van der Waals surface area contributed by atoms with Crippen molar-refractivity contribution in [2.75, 3.05) is 7.11 Å². The summed E-state index contributed by atoms with van der Waals surface area (Å²) in [6.07, 6.45) is 13.2. The summed E-state index contributed by atoms with van der Waals surface area (Å²) in [5, 5.41) is 65.3. The highest BCUT2D eigenvalue weighted by atomic mass is 16.7. The van der Waals surface area contributed by atoms with Crippen LogP contribution in [0.15, 0.2) is 36.5 Å². The Balaban J connectivity index is 1.97. The Kier molecular flexibility index (Phi) is 21.4. The second kappa shape index (κ2) is 24.6. The first-order valence-corrected chi connectivity index (χ1v) is 22.2. The lowest BCUT2D eigenvalue weighted by atomic mass is 9.77. The fourth-order valence-electron chi connectivity index (χ4n) is 8.85. The summed E-state index contributed by atoms with van der Waals surface area (Å²) in [6.45, 7) is 13.4. The Morgan fingerprint density at radius 2 is 1.58 bits per heavy atom. The van der Waals surface area contributed by atoms with E-state index in [1.807, 2.05) is 26.0 Å². The van der Waals surface area contributed by atoms with Gasteiger partial charge in [0.25, 0.3) is 0 Å². The number of esters is 1. The van der Waals surface area contributed by atoms with Gasteiger partial charge in [0.05, 0.1) is 54.9 Å². The molecule has 2 fully saturated rings. The Morgan fingerprint density at radius 1 is 0.877 bits per heavy atom. The summed E-state index contributed by atoms with van der Waals surface area (Å²) < 4.78 is 25.8. The van der Waals surface area contributed by atoms with Gasteiger partial charge in [-0.2, -0.15) is 0 Å². The van der Waals surface area contributed by atoms with E-state index in [0.29, 0.717) is 57.8 Å². The lowest BCUT2D eigenvalue weighted by Crippen LogP contribution is -2.58. The Labute approximate surface area is 343 Å². The van der Waals surface area contributed by atoms with Crippen molar-refractivity contribution in [1.82, 2.24) is 0 Å². The molecule has 330 valence electrons. The number of ether oxygens (including phenoxy) is 4. The third kappa shape index (κ3) is 15.7. The normalized spacial score (nSPS) is 42.7. The van der Waals surface area contributed by atoms with Crippen LogP contribution in [0.5, 0.6) is 0 Å². The summed E-state index contributed by atoms with van der Waals surface area (Å²) >= 11 is 0. The third-order valence-electron chi connectivity index (χ3n) is 13.4. The standard InChI is InChI=1S/C46H80O11/c1-9-34-15-13-11-12-14-16-38(49)32(6)39(50)26-36(54-8)27-40(51)33(7)45(53)30(4)17-22-44(52)55-43-28-46(24-23-29(3)42(57-46)25-35(48)10-2)56-41(21-19-34)37(43)20-18-31(5)47/h11-13,15,17,22,29-43,45,47-51,53H,9-10,14,16,18-21,23-28H2,1-8H3/b12-11-,15-13-,22-17-/t29-,30-,31+,32+,33-,34-,35+,36+,37+,38+,39-,40+,41-,42-,43-,45+,46-/m0/s1. The van der Waals surface area contributed by atoms with Crippen molar-refractivity contribution in [3.05, 3.63) is 36.5 Å². The smallest absolute Gasteiger partial charge is 0.330 e. The van der Waals surface area contributed by atoms with Crippen molar-refractivity contribution in [3.63, 3.8) is 0 Å². The number of carbonyl (C=O) groups excluding carboxylic acids is 1. The number of aliphatic hydroxyl groups is 6. The fraction of sp³-hybridized carbons (Fsp3) is 0.848. The molecule has 0 aromatic heterocycles. The highest BCUT2D eigenvalue weighted by Gasteiger charge is 2.52. The topological polar surface area (TPSA) is 175 Å². The van der Waals surface area contributed by atoms with Gasteiger partial charge in [-0.1, -0.05) is 71.9 Å². The van der Waals surface area contributed by atoms with Crippen LogP contribution < -0.4 is 0 Å². The van der Waals surface area contributed by atoms with E-state index in [4.69, 9.17) is 18.9 Å². The Bertz CT molecular complexity index is 1240. The molecule has 0 aliphatic carbocycles. The average Bonchev–Trinajstić information content (AvgIpc) is 3.18. The lowest BCUT2D eigenvalue weighted by molar-refractivity contribution is -0.349. The minimum absolute atomic E-state index is 0.181. The number of aliphatic hydroxyl groups excluding tert-OH is 6. The van der Waals surface area contributed by atoms with Crippen molar-refractivity contribution >= 4 is 5.97 Å². The monoisotopic (exact) mass is 809 g/mol. The first-order valence-electron chi connectivity index (χ1n) is 22.2. The first-order chi connectivity index (χ1) is 27.0. The third-order valence-corrected chi connectivity index (χ3v) is 13.4. The zero-order chi connectivity index (χ0) is 42.3. The predicted molar refractivity (Wildman–Crippen MR) is 222 cm³/mol. The second-order valence-corrected chi connectivity index (χ2v) is 17.9. The molecular weight excluding hydrogens is 728 g/mol. The molecule has 2 bridgehead atoms. The van der Waals surface area contributed by atoms with Crippen LogP contribution >= 0.6 is 0 Å². The molecule has 57 heavy (non-hydrogen) atoms. The van der Waals surface area contributed by atoms with E-state index in [1.54, 1.807) is 26.8 Å². The molecule has 3 rings (SSSR count). The number of carbonyl (C=O) groups is 1. The minimum atomic E-state index is -0.985. The van der Waals surface area contributed by atoms with Gasteiger partial charge in [0, 0.05) is 49.7 Å². The van der Waals surface area contributed by atoms with E-state index in [0.717, 1.165) is 19.3 Å². The van der Waals surface area contributed by atoms with E-state index in [1.165, 1.54) is 13.2 Å². The van der Waals surface area contributed by atoms with Crippen LogP contribution in [0.3, 0.4) is 0 Å². The van der Waals surface area contributed by atoms with E-state index in [-0.39, 0.29) is 42.8 Å². The summed E-state index contributed by atoms with van der Waals surface area (Å²) in [5.74, 6) is -2.69. The van der Waals surface area contributed by atoms with E-state index < -0.39 is 78.3 Å². The SMILES string of the molecule is CC[C@@H](O)C[C@@H]1O[C@@]2(CC[C@@H]1C)C[C@@H]1OC(=O)/C=C\[C@H](C)[C@@H](O)[C@@H](C)[C@H](O)C[C@H](OC)C[C@H](O)[C@H](C)[C@H](O)CC/C=C\C=C/[C@H](CC)CC[C@H](O2)[C@H]1CC[C@@H](C)O. The molecular formula is C46H80O11. The number of fused-ring (bicyclic) bond motifs is 2. The van der Waals surface area contributed by atoms with Crippen molar-refractivity contribution < 1.29 is 54.4 Å². The van der Waals surface area contributed by atoms with Crippen molar-refractivity contribution in [2.45, 2.75) is 205 Å². The molecule has 6 N–H and O–H groups in total. The molecule has 17 atom stereocenters. The first kappa shape index (κ1) is 49.7. The van der Waals surface area contributed by atoms with Crippen molar-refractivity contribution in [1.29, 1.82) is 0 Å². The molecule has 0 amide bonds. The molecule has 11 nitrogen and oxygen atoms in total. The van der Waals surface area contributed by atoms with Gasteiger partial charge in [0.15, 0.2) is 5.79 Å². The van der Waals surface area contributed by atoms with Crippen LogP contribution in [-0.4, -0.2) is 111 Å². The largest absolute Gasteiger partial charge is 0.459 e. The van der Waals surface area contributed by atoms with Crippen LogP contribution in [0.25, 0.3) is 0 Å². The van der Waals surface area contributed by atoms with Crippen LogP contribution in [0.1, 0.15) is 138 Å². The van der Waals surface area contributed by atoms with Gasteiger partial charge >= 0.3 is 5.97 Å². The minimum Gasteiger partial charge on any atom is -0.459 e. The number of hydrogen-bond acceptors (Lipinski definition) is 11. The van der Waals surface area contributed by atoms with Gasteiger partial charge in [-0.25, -0.2) is 4.79 Å². The molecule has 3 aliphatic rings. The number of allylic oxidation sites excluding steroid dienone is 4. The number of methoxy groups -OCH3 is 1.